The van der Waals surface area contributed by atoms with Crippen LogP contribution in [-0.4, -0.2) is 17.1 Å². The van der Waals surface area contributed by atoms with Crippen molar-refractivity contribution in [2.75, 3.05) is 5.32 Å². The maximum Gasteiger partial charge on any atom is 0.225 e. The van der Waals surface area contributed by atoms with Crippen LogP contribution in [-0.2, 0) is 24.1 Å². The fourth-order valence-electron chi connectivity index (χ4n) is 2.87. The number of fused-ring (bicyclic) bond motifs is 1. The van der Waals surface area contributed by atoms with Crippen molar-refractivity contribution in [3.63, 3.8) is 0 Å². The van der Waals surface area contributed by atoms with Gasteiger partial charge in [-0.25, -0.2) is 0 Å². The van der Waals surface area contributed by atoms with Crippen molar-refractivity contribution >= 4 is 22.2 Å². The van der Waals surface area contributed by atoms with Crippen LogP contribution in [0.2, 0.25) is 0 Å². The van der Waals surface area contributed by atoms with Crippen LogP contribution in [0.15, 0.2) is 30.3 Å². The molecule has 1 heterocycles. The molecule has 4 nitrogen and oxygen atoms in total. The second kappa shape index (κ2) is 6.95. The highest BCUT2D eigenvalue weighted by atomic mass is 32.1. The number of aliphatic hydroxyl groups excluding tert-OH is 1. The Morgan fingerprint density at radius 1 is 1.39 bits per heavy atom. The van der Waals surface area contributed by atoms with Crippen molar-refractivity contribution < 1.29 is 9.90 Å². The van der Waals surface area contributed by atoms with Gasteiger partial charge in [0.1, 0.15) is 11.1 Å². The first-order chi connectivity index (χ1) is 11.2. The quantitative estimate of drug-likeness (QED) is 0.907. The number of rotatable bonds is 4. The lowest BCUT2D eigenvalue weighted by Gasteiger charge is -2.16. The fourth-order valence-corrected chi connectivity index (χ4v) is 4.15. The largest absolute Gasteiger partial charge is 0.393 e. The third kappa shape index (κ3) is 3.61. The molecule has 1 unspecified atom stereocenters. The van der Waals surface area contributed by atoms with Crippen LogP contribution in [0.25, 0.3) is 0 Å². The van der Waals surface area contributed by atoms with Crippen LogP contribution >= 0.6 is 11.3 Å². The summed E-state index contributed by atoms with van der Waals surface area (Å²) in [4.78, 5) is 13.2. The zero-order chi connectivity index (χ0) is 16.2. The molecule has 1 aliphatic rings. The van der Waals surface area contributed by atoms with E-state index >= 15 is 0 Å². The first-order valence-corrected chi connectivity index (χ1v) is 8.55. The van der Waals surface area contributed by atoms with Gasteiger partial charge in [-0.1, -0.05) is 30.3 Å². The molecule has 23 heavy (non-hydrogen) atoms. The van der Waals surface area contributed by atoms with Gasteiger partial charge in [0.15, 0.2) is 0 Å². The molecule has 2 N–H and O–H groups in total. The zero-order valence-corrected chi connectivity index (χ0v) is 13.5. The van der Waals surface area contributed by atoms with Gasteiger partial charge in [0, 0.05) is 17.7 Å². The Kier molecular flexibility index (Phi) is 4.75. The van der Waals surface area contributed by atoms with Gasteiger partial charge in [0.25, 0.3) is 0 Å². The van der Waals surface area contributed by atoms with Crippen LogP contribution in [0.4, 0.5) is 5.00 Å². The molecule has 1 atom stereocenters. The summed E-state index contributed by atoms with van der Waals surface area (Å²) in [7, 11) is 0. The molecule has 1 aliphatic carbocycles. The van der Waals surface area contributed by atoms with Crippen molar-refractivity contribution in [2.45, 2.75) is 38.2 Å². The van der Waals surface area contributed by atoms with Gasteiger partial charge in [-0.2, -0.15) is 5.26 Å². The van der Waals surface area contributed by atoms with E-state index in [1.807, 2.05) is 30.3 Å². The molecule has 0 aliphatic heterocycles. The first kappa shape index (κ1) is 15.7. The molecule has 0 fully saturated rings. The summed E-state index contributed by atoms with van der Waals surface area (Å²) in [5.41, 5.74) is 2.70. The van der Waals surface area contributed by atoms with E-state index in [2.05, 4.69) is 11.4 Å². The minimum absolute atomic E-state index is 0.0792. The average Bonchev–Trinajstić information content (AvgIpc) is 2.89. The van der Waals surface area contributed by atoms with E-state index in [9.17, 15) is 15.2 Å². The van der Waals surface area contributed by atoms with Crippen molar-refractivity contribution in [3.8, 4) is 6.07 Å². The molecule has 0 radical (unpaired) electrons. The van der Waals surface area contributed by atoms with E-state index < -0.39 is 0 Å². The molecular weight excluding hydrogens is 308 g/mol. The van der Waals surface area contributed by atoms with Crippen LogP contribution in [0, 0.1) is 11.3 Å². The number of nitrogens with one attached hydrogen (secondary N) is 1. The van der Waals surface area contributed by atoms with Gasteiger partial charge in [-0.05, 0) is 30.4 Å². The molecule has 1 amide bonds. The predicted molar refractivity (Wildman–Crippen MR) is 90.5 cm³/mol. The van der Waals surface area contributed by atoms with Gasteiger partial charge in [0.05, 0.1) is 11.7 Å². The van der Waals surface area contributed by atoms with Gasteiger partial charge in [-0.3, -0.25) is 4.79 Å². The summed E-state index contributed by atoms with van der Waals surface area (Å²) in [5.74, 6) is -0.0792. The Morgan fingerprint density at radius 3 is 2.91 bits per heavy atom. The Bertz CT molecular complexity index is 746. The number of carbonyl (C=O) groups excluding carboxylic acids is 1. The summed E-state index contributed by atoms with van der Waals surface area (Å²) in [6, 6.07) is 12.1. The molecule has 1 aromatic carbocycles. The number of aliphatic hydroxyl groups is 1. The molecule has 0 spiro atoms. The number of carbonyl (C=O) groups is 1. The number of nitrogens with zero attached hydrogens (tertiary/aromatic N) is 1. The minimum Gasteiger partial charge on any atom is -0.393 e. The van der Waals surface area contributed by atoms with E-state index in [1.165, 1.54) is 11.3 Å². The van der Waals surface area contributed by atoms with Crippen molar-refractivity contribution in [3.05, 3.63) is 51.9 Å². The van der Waals surface area contributed by atoms with Crippen molar-refractivity contribution in [1.29, 1.82) is 5.26 Å². The average molecular weight is 326 g/mol. The van der Waals surface area contributed by atoms with Gasteiger partial charge in [-0.15, -0.1) is 11.3 Å². The Hall–Kier alpha value is -2.16. The molecular formula is C18H18N2O2S. The standard InChI is InChI=1S/C18H18N2O2S/c19-11-15-14-8-7-13(21)10-16(14)23-18(15)20-17(22)9-6-12-4-2-1-3-5-12/h1-5,13,21H,6-10H2,(H,20,22). The van der Waals surface area contributed by atoms with Crippen LogP contribution < -0.4 is 5.32 Å². The highest BCUT2D eigenvalue weighted by molar-refractivity contribution is 7.16. The summed E-state index contributed by atoms with van der Waals surface area (Å²) in [6.45, 7) is 0. The Balaban J connectivity index is 1.68. The maximum absolute atomic E-state index is 12.2. The lowest BCUT2D eigenvalue weighted by atomic mass is 9.94. The number of hydrogen-bond donors (Lipinski definition) is 2. The molecule has 0 saturated heterocycles. The van der Waals surface area contributed by atoms with Gasteiger partial charge >= 0.3 is 0 Å². The number of hydrogen-bond acceptors (Lipinski definition) is 4. The minimum atomic E-state index is -0.339. The number of anilines is 1. The molecule has 2 aromatic rings. The lowest BCUT2D eigenvalue weighted by molar-refractivity contribution is -0.116. The second-order valence-electron chi connectivity index (χ2n) is 5.75. The maximum atomic E-state index is 12.2. The molecule has 1 aromatic heterocycles. The molecule has 0 bridgehead atoms. The molecule has 3 rings (SSSR count). The smallest absolute Gasteiger partial charge is 0.225 e. The van der Waals surface area contributed by atoms with E-state index in [1.54, 1.807) is 0 Å². The number of thiophene rings is 1. The van der Waals surface area contributed by atoms with Crippen LogP contribution in [0.1, 0.15) is 34.4 Å². The Labute approximate surface area is 139 Å². The van der Waals surface area contributed by atoms with Gasteiger partial charge < -0.3 is 10.4 Å². The summed E-state index contributed by atoms with van der Waals surface area (Å²) >= 11 is 1.43. The number of nitriles is 1. The van der Waals surface area contributed by atoms with Crippen LogP contribution in [0.5, 0.6) is 0 Å². The number of aryl methyl sites for hydroxylation is 1. The van der Waals surface area contributed by atoms with Gasteiger partial charge in [0.2, 0.25) is 5.91 Å². The summed E-state index contributed by atoms with van der Waals surface area (Å²) in [6.07, 6.45) is 2.69. The first-order valence-electron chi connectivity index (χ1n) is 7.74. The summed E-state index contributed by atoms with van der Waals surface area (Å²) in [5, 5.41) is 22.7. The lowest BCUT2D eigenvalue weighted by Crippen LogP contribution is -2.17. The molecule has 118 valence electrons. The summed E-state index contributed by atoms with van der Waals surface area (Å²) < 4.78 is 0. The second-order valence-corrected chi connectivity index (χ2v) is 6.86. The number of amides is 1. The Morgan fingerprint density at radius 2 is 2.17 bits per heavy atom. The van der Waals surface area contributed by atoms with Crippen molar-refractivity contribution in [2.24, 2.45) is 0 Å². The fraction of sp³-hybridized carbons (Fsp3) is 0.333. The normalized spacial score (nSPS) is 16.4. The monoisotopic (exact) mass is 326 g/mol. The van der Waals surface area contributed by atoms with E-state index in [0.717, 1.165) is 16.0 Å². The molecule has 0 saturated carbocycles. The topological polar surface area (TPSA) is 73.1 Å². The third-order valence-corrected chi connectivity index (χ3v) is 5.26. The van der Waals surface area contributed by atoms with Crippen LogP contribution in [0.3, 0.4) is 0 Å². The highest BCUT2D eigenvalue weighted by Crippen LogP contribution is 2.37. The van der Waals surface area contributed by atoms with E-state index in [-0.39, 0.29) is 12.0 Å². The highest BCUT2D eigenvalue weighted by Gasteiger charge is 2.25. The zero-order valence-electron chi connectivity index (χ0n) is 12.7. The van der Waals surface area contributed by atoms with E-state index in [0.29, 0.717) is 42.7 Å². The predicted octanol–water partition coefficient (Wildman–Crippen LogP) is 3.04. The van der Waals surface area contributed by atoms with Crippen molar-refractivity contribution in [1.82, 2.24) is 0 Å². The SMILES string of the molecule is N#Cc1c(NC(=O)CCc2ccccc2)sc2c1CCC(O)C2. The molecule has 5 heteroatoms. The van der Waals surface area contributed by atoms with E-state index in [4.69, 9.17) is 0 Å². The number of benzene rings is 1. The third-order valence-electron chi connectivity index (χ3n) is 4.09.